The van der Waals surface area contributed by atoms with E-state index in [1.165, 1.54) is 22.2 Å². The lowest BCUT2D eigenvalue weighted by atomic mass is 10.1. The maximum Gasteiger partial charge on any atom is 0.266 e. The van der Waals surface area contributed by atoms with E-state index in [9.17, 15) is 4.79 Å². The van der Waals surface area contributed by atoms with Crippen molar-refractivity contribution in [3.8, 4) is 0 Å². The predicted octanol–water partition coefficient (Wildman–Crippen LogP) is 5.02. The standard InChI is InChI=1S/C18H17NOS3/c1-3-14-8-9-15(22-14)10-16-17(20)19(18(21)23-16)11-13-6-4-12(2)5-7-13/h4-10H,3,11H2,1-2H3/b16-10+. The van der Waals surface area contributed by atoms with Crippen LogP contribution in [0.4, 0.5) is 0 Å². The molecule has 0 spiro atoms. The molecule has 1 amide bonds. The van der Waals surface area contributed by atoms with Crippen LogP contribution in [-0.2, 0) is 17.8 Å². The molecule has 0 unspecified atom stereocenters. The van der Waals surface area contributed by atoms with Crippen molar-refractivity contribution in [1.82, 2.24) is 4.90 Å². The van der Waals surface area contributed by atoms with Crippen molar-refractivity contribution in [1.29, 1.82) is 0 Å². The molecule has 2 heterocycles. The average Bonchev–Trinajstić information content (AvgIpc) is 3.09. The van der Waals surface area contributed by atoms with E-state index in [1.807, 2.05) is 18.2 Å². The highest BCUT2D eigenvalue weighted by atomic mass is 32.2. The minimum atomic E-state index is 0.00650. The Balaban J connectivity index is 1.78. The smallest absolute Gasteiger partial charge is 0.266 e. The van der Waals surface area contributed by atoms with Crippen LogP contribution in [0.3, 0.4) is 0 Å². The van der Waals surface area contributed by atoms with Crippen LogP contribution in [0, 0.1) is 6.92 Å². The SMILES string of the molecule is CCc1ccc(/C=C2/SC(=S)N(Cc3ccc(C)cc3)C2=O)s1. The first-order valence-electron chi connectivity index (χ1n) is 7.46. The van der Waals surface area contributed by atoms with Crippen LogP contribution in [0.15, 0.2) is 41.3 Å². The third kappa shape index (κ3) is 3.74. The van der Waals surface area contributed by atoms with Crippen LogP contribution in [0.1, 0.15) is 27.8 Å². The molecule has 1 aromatic carbocycles. The Morgan fingerprint density at radius 2 is 1.91 bits per heavy atom. The van der Waals surface area contributed by atoms with Crippen LogP contribution in [0.2, 0.25) is 0 Å². The summed E-state index contributed by atoms with van der Waals surface area (Å²) in [7, 11) is 0. The number of aryl methyl sites for hydroxylation is 2. The van der Waals surface area contributed by atoms with E-state index in [1.54, 1.807) is 16.2 Å². The number of benzene rings is 1. The maximum absolute atomic E-state index is 12.6. The van der Waals surface area contributed by atoms with Gasteiger partial charge in [0, 0.05) is 9.75 Å². The molecule has 23 heavy (non-hydrogen) atoms. The molecule has 1 aliphatic rings. The molecule has 1 aromatic heterocycles. The quantitative estimate of drug-likeness (QED) is 0.565. The van der Waals surface area contributed by atoms with Crippen molar-refractivity contribution in [3.63, 3.8) is 0 Å². The van der Waals surface area contributed by atoms with Crippen molar-refractivity contribution in [2.45, 2.75) is 26.8 Å². The molecule has 0 N–H and O–H groups in total. The topological polar surface area (TPSA) is 20.3 Å². The van der Waals surface area contributed by atoms with E-state index in [4.69, 9.17) is 12.2 Å². The fraction of sp³-hybridized carbons (Fsp3) is 0.222. The van der Waals surface area contributed by atoms with Crippen LogP contribution in [0.25, 0.3) is 6.08 Å². The zero-order valence-corrected chi connectivity index (χ0v) is 15.5. The lowest BCUT2D eigenvalue weighted by Crippen LogP contribution is -2.27. The molecule has 0 aliphatic carbocycles. The first kappa shape index (κ1) is 16.4. The number of amides is 1. The van der Waals surface area contributed by atoms with Gasteiger partial charge in [0.05, 0.1) is 11.4 Å². The molecule has 0 bridgehead atoms. The first-order valence-corrected chi connectivity index (χ1v) is 9.50. The first-order chi connectivity index (χ1) is 11.1. The van der Waals surface area contributed by atoms with Crippen molar-refractivity contribution in [2.75, 3.05) is 0 Å². The van der Waals surface area contributed by atoms with Gasteiger partial charge in [0.1, 0.15) is 4.32 Å². The molecular weight excluding hydrogens is 342 g/mol. The Kier molecular flexibility index (Phi) is 4.99. The number of thioether (sulfide) groups is 1. The van der Waals surface area contributed by atoms with Gasteiger partial charge in [-0.3, -0.25) is 9.69 Å². The van der Waals surface area contributed by atoms with E-state index in [2.05, 4.69) is 38.1 Å². The summed E-state index contributed by atoms with van der Waals surface area (Å²) in [5, 5.41) is 0. The minimum Gasteiger partial charge on any atom is -0.288 e. The zero-order chi connectivity index (χ0) is 16.4. The highest BCUT2D eigenvalue weighted by Gasteiger charge is 2.32. The number of thiophene rings is 1. The van der Waals surface area contributed by atoms with Crippen molar-refractivity contribution in [3.05, 3.63) is 62.2 Å². The number of thiocarbonyl (C=S) groups is 1. The third-order valence-corrected chi connectivity index (χ3v) is 6.19. The van der Waals surface area contributed by atoms with Crippen LogP contribution < -0.4 is 0 Å². The Labute approximate surface area is 150 Å². The minimum absolute atomic E-state index is 0.00650. The average molecular weight is 360 g/mol. The maximum atomic E-state index is 12.6. The van der Waals surface area contributed by atoms with Gasteiger partial charge in [-0.2, -0.15) is 0 Å². The molecule has 1 fully saturated rings. The summed E-state index contributed by atoms with van der Waals surface area (Å²) >= 11 is 8.51. The number of hydrogen-bond donors (Lipinski definition) is 0. The number of carbonyl (C=O) groups excluding carboxylic acids is 1. The van der Waals surface area contributed by atoms with Gasteiger partial charge in [0.15, 0.2) is 0 Å². The van der Waals surface area contributed by atoms with Gasteiger partial charge in [-0.15, -0.1) is 11.3 Å². The van der Waals surface area contributed by atoms with Gasteiger partial charge < -0.3 is 0 Å². The highest BCUT2D eigenvalue weighted by molar-refractivity contribution is 8.26. The van der Waals surface area contributed by atoms with E-state index in [0.717, 1.165) is 16.9 Å². The predicted molar refractivity (Wildman–Crippen MR) is 104 cm³/mol. The normalized spacial score (nSPS) is 16.6. The summed E-state index contributed by atoms with van der Waals surface area (Å²) in [5.74, 6) is 0.00650. The molecule has 0 saturated carbocycles. The summed E-state index contributed by atoms with van der Waals surface area (Å²) in [6, 6.07) is 12.4. The molecule has 2 nitrogen and oxygen atoms in total. The van der Waals surface area contributed by atoms with Gasteiger partial charge in [0.25, 0.3) is 5.91 Å². The molecule has 118 valence electrons. The number of hydrogen-bond acceptors (Lipinski definition) is 4. The third-order valence-electron chi connectivity index (χ3n) is 3.64. The zero-order valence-electron chi connectivity index (χ0n) is 13.0. The van der Waals surface area contributed by atoms with Crippen LogP contribution >= 0.6 is 35.3 Å². The molecule has 0 atom stereocenters. The second-order valence-corrected chi connectivity index (χ2v) is 8.29. The number of carbonyl (C=O) groups is 1. The highest BCUT2D eigenvalue weighted by Crippen LogP contribution is 2.34. The lowest BCUT2D eigenvalue weighted by molar-refractivity contribution is -0.122. The molecular formula is C18H17NOS3. The molecule has 0 radical (unpaired) electrons. The van der Waals surface area contributed by atoms with Crippen molar-refractivity contribution < 1.29 is 4.79 Å². The summed E-state index contributed by atoms with van der Waals surface area (Å²) in [5.41, 5.74) is 2.31. The Morgan fingerprint density at radius 3 is 2.57 bits per heavy atom. The van der Waals surface area contributed by atoms with Crippen LogP contribution in [-0.4, -0.2) is 15.1 Å². The van der Waals surface area contributed by atoms with E-state index >= 15 is 0 Å². The summed E-state index contributed by atoms with van der Waals surface area (Å²) in [4.78, 5) is 17.5. The van der Waals surface area contributed by atoms with Gasteiger partial charge in [-0.25, -0.2) is 0 Å². The monoisotopic (exact) mass is 359 g/mol. The Hall–Kier alpha value is -1.43. The largest absolute Gasteiger partial charge is 0.288 e. The van der Waals surface area contributed by atoms with E-state index < -0.39 is 0 Å². The fourth-order valence-electron chi connectivity index (χ4n) is 2.30. The van der Waals surface area contributed by atoms with Gasteiger partial charge in [-0.1, -0.05) is 60.7 Å². The Morgan fingerprint density at radius 1 is 1.17 bits per heavy atom. The number of rotatable bonds is 4. The fourth-order valence-corrected chi connectivity index (χ4v) is 4.52. The second-order valence-electron chi connectivity index (χ2n) is 5.41. The molecule has 3 rings (SSSR count). The van der Waals surface area contributed by atoms with Crippen molar-refractivity contribution in [2.24, 2.45) is 0 Å². The molecule has 1 saturated heterocycles. The van der Waals surface area contributed by atoms with Gasteiger partial charge in [0.2, 0.25) is 0 Å². The number of nitrogens with zero attached hydrogens (tertiary/aromatic N) is 1. The summed E-state index contributed by atoms with van der Waals surface area (Å²) in [6.45, 7) is 4.72. The molecule has 1 aliphatic heterocycles. The van der Waals surface area contributed by atoms with Gasteiger partial charge in [-0.05, 0) is 37.1 Å². The summed E-state index contributed by atoms with van der Waals surface area (Å²) in [6.07, 6.45) is 2.98. The van der Waals surface area contributed by atoms with Crippen LogP contribution in [0.5, 0.6) is 0 Å². The lowest BCUT2D eigenvalue weighted by Gasteiger charge is -2.14. The molecule has 5 heteroatoms. The van der Waals surface area contributed by atoms with Gasteiger partial charge >= 0.3 is 0 Å². The van der Waals surface area contributed by atoms with E-state index in [0.29, 0.717) is 15.8 Å². The summed E-state index contributed by atoms with van der Waals surface area (Å²) < 4.78 is 0.633. The van der Waals surface area contributed by atoms with Crippen molar-refractivity contribution >= 4 is 51.6 Å². The second kappa shape index (κ2) is 6.99. The Bertz CT molecular complexity index is 774. The molecule has 2 aromatic rings. The van der Waals surface area contributed by atoms with E-state index in [-0.39, 0.29) is 5.91 Å².